The fourth-order valence-corrected chi connectivity index (χ4v) is 2.26. The van der Waals surface area contributed by atoms with Gasteiger partial charge in [0.1, 0.15) is 24.4 Å². The average molecular weight is 288 g/mol. The van der Waals surface area contributed by atoms with Gasteiger partial charge in [-0.1, -0.05) is 25.5 Å². The van der Waals surface area contributed by atoms with Gasteiger partial charge in [-0.2, -0.15) is 0 Å². The minimum atomic E-state index is -0.980. The highest BCUT2D eigenvalue weighted by atomic mass is 16.6. The third-order valence-electron chi connectivity index (χ3n) is 3.49. The maximum Gasteiger partial charge on any atom is 0.114 e. The molecular weight excluding hydrogens is 260 g/mol. The average Bonchev–Trinajstić information content (AvgIpc) is 2.78. The molecule has 0 radical (unpaired) electrons. The molecule has 118 valence electrons. The van der Waals surface area contributed by atoms with Crippen molar-refractivity contribution in [2.24, 2.45) is 0 Å². The molecule has 1 aliphatic heterocycles. The molecular formula is C15H28O5. The Labute approximate surface area is 121 Å². The molecule has 5 heteroatoms. The van der Waals surface area contributed by atoms with E-state index in [0.717, 1.165) is 32.1 Å². The van der Waals surface area contributed by atoms with E-state index in [0.29, 0.717) is 6.61 Å². The number of aliphatic hydroxyl groups is 3. The molecule has 1 aliphatic rings. The molecule has 1 heterocycles. The molecule has 1 rings (SSSR count). The van der Waals surface area contributed by atoms with Gasteiger partial charge in [0, 0.05) is 6.61 Å². The minimum absolute atomic E-state index is 0.0927. The van der Waals surface area contributed by atoms with E-state index in [1.54, 1.807) is 0 Å². The predicted molar refractivity (Wildman–Crippen MR) is 76.5 cm³/mol. The summed E-state index contributed by atoms with van der Waals surface area (Å²) in [5, 5.41) is 28.4. The molecule has 0 aromatic carbocycles. The van der Waals surface area contributed by atoms with Crippen molar-refractivity contribution >= 4 is 0 Å². The van der Waals surface area contributed by atoms with E-state index in [2.05, 4.69) is 19.1 Å². The maximum atomic E-state index is 9.71. The van der Waals surface area contributed by atoms with Crippen LogP contribution in [0.1, 0.15) is 39.0 Å². The molecule has 1 saturated heterocycles. The Kier molecular flexibility index (Phi) is 9.05. The molecule has 0 aromatic heterocycles. The van der Waals surface area contributed by atoms with Crippen LogP contribution in [0.2, 0.25) is 0 Å². The van der Waals surface area contributed by atoms with E-state index in [4.69, 9.17) is 9.47 Å². The van der Waals surface area contributed by atoms with Crippen molar-refractivity contribution in [2.75, 3.05) is 19.8 Å². The summed E-state index contributed by atoms with van der Waals surface area (Å²) in [6, 6.07) is 0. The molecule has 0 spiro atoms. The van der Waals surface area contributed by atoms with E-state index in [-0.39, 0.29) is 13.2 Å². The van der Waals surface area contributed by atoms with Crippen molar-refractivity contribution < 1.29 is 24.8 Å². The Morgan fingerprint density at radius 1 is 1.25 bits per heavy atom. The summed E-state index contributed by atoms with van der Waals surface area (Å²) in [7, 11) is 0. The SMILES string of the molecule is CC/C=C/CCCCCO[C@H](CO)[C@@H]1OC[C@H](O)[C@@H]1O. The van der Waals surface area contributed by atoms with Crippen LogP contribution in [0.5, 0.6) is 0 Å². The normalized spacial score (nSPS) is 28.3. The van der Waals surface area contributed by atoms with Crippen LogP contribution in [-0.2, 0) is 9.47 Å². The number of aliphatic hydroxyl groups excluding tert-OH is 3. The van der Waals surface area contributed by atoms with Gasteiger partial charge in [-0.15, -0.1) is 0 Å². The van der Waals surface area contributed by atoms with Crippen LogP contribution < -0.4 is 0 Å². The second-order valence-electron chi connectivity index (χ2n) is 5.18. The van der Waals surface area contributed by atoms with Gasteiger partial charge in [-0.25, -0.2) is 0 Å². The zero-order valence-corrected chi connectivity index (χ0v) is 12.3. The lowest BCUT2D eigenvalue weighted by atomic mass is 10.1. The van der Waals surface area contributed by atoms with Gasteiger partial charge in [0.05, 0.1) is 13.2 Å². The summed E-state index contributed by atoms with van der Waals surface area (Å²) in [6.45, 7) is 2.53. The highest BCUT2D eigenvalue weighted by Gasteiger charge is 2.40. The Bertz CT molecular complexity index is 269. The molecule has 0 unspecified atom stereocenters. The molecule has 1 fully saturated rings. The second-order valence-corrected chi connectivity index (χ2v) is 5.18. The van der Waals surface area contributed by atoms with Gasteiger partial charge in [0.25, 0.3) is 0 Å². The molecule has 0 bridgehead atoms. The largest absolute Gasteiger partial charge is 0.394 e. The first-order valence-corrected chi connectivity index (χ1v) is 7.55. The van der Waals surface area contributed by atoms with Crippen LogP contribution in [0.4, 0.5) is 0 Å². The van der Waals surface area contributed by atoms with Crippen LogP contribution in [0, 0.1) is 0 Å². The first-order chi connectivity index (χ1) is 9.70. The number of unbranched alkanes of at least 4 members (excludes halogenated alkanes) is 3. The van der Waals surface area contributed by atoms with Gasteiger partial charge in [-0.05, 0) is 25.7 Å². The van der Waals surface area contributed by atoms with Crippen molar-refractivity contribution in [2.45, 2.75) is 63.4 Å². The van der Waals surface area contributed by atoms with Crippen molar-refractivity contribution in [1.82, 2.24) is 0 Å². The topological polar surface area (TPSA) is 79.2 Å². The van der Waals surface area contributed by atoms with Gasteiger partial charge in [-0.3, -0.25) is 0 Å². The lowest BCUT2D eigenvalue weighted by Crippen LogP contribution is -2.42. The minimum Gasteiger partial charge on any atom is -0.394 e. The Balaban J connectivity index is 2.11. The van der Waals surface area contributed by atoms with Gasteiger partial charge in [0.15, 0.2) is 0 Å². The molecule has 4 atom stereocenters. The smallest absolute Gasteiger partial charge is 0.114 e. The zero-order chi connectivity index (χ0) is 14.8. The van der Waals surface area contributed by atoms with Crippen LogP contribution in [0.3, 0.4) is 0 Å². The Morgan fingerprint density at radius 2 is 2.05 bits per heavy atom. The predicted octanol–water partition coefficient (Wildman–Crippen LogP) is 1.01. The number of rotatable bonds is 10. The van der Waals surface area contributed by atoms with Crippen molar-refractivity contribution in [3.05, 3.63) is 12.2 Å². The fourth-order valence-electron chi connectivity index (χ4n) is 2.26. The molecule has 20 heavy (non-hydrogen) atoms. The van der Waals surface area contributed by atoms with Gasteiger partial charge < -0.3 is 24.8 Å². The van der Waals surface area contributed by atoms with E-state index in [1.807, 2.05) is 0 Å². The van der Waals surface area contributed by atoms with Gasteiger partial charge >= 0.3 is 0 Å². The number of ether oxygens (including phenoxy) is 2. The molecule has 3 N–H and O–H groups in total. The summed E-state index contributed by atoms with van der Waals surface area (Å²) < 4.78 is 10.8. The maximum absolute atomic E-state index is 9.71. The summed E-state index contributed by atoms with van der Waals surface area (Å²) >= 11 is 0. The van der Waals surface area contributed by atoms with Crippen molar-refractivity contribution in [3.63, 3.8) is 0 Å². The first kappa shape index (κ1) is 17.6. The summed E-state index contributed by atoms with van der Waals surface area (Å²) in [4.78, 5) is 0. The fraction of sp³-hybridized carbons (Fsp3) is 0.867. The third-order valence-corrected chi connectivity index (χ3v) is 3.49. The van der Waals surface area contributed by atoms with E-state index >= 15 is 0 Å². The Morgan fingerprint density at radius 3 is 2.65 bits per heavy atom. The number of allylic oxidation sites excluding steroid dienone is 2. The standard InChI is InChI=1S/C15H28O5/c1-2-3-4-5-6-7-8-9-19-13(10-16)15-14(18)12(17)11-20-15/h3-4,12-18H,2,5-11H2,1H3/b4-3+/t12-,13+,14-,15-/m0/s1. The number of hydrogen-bond acceptors (Lipinski definition) is 5. The van der Waals surface area contributed by atoms with Gasteiger partial charge in [0.2, 0.25) is 0 Å². The summed E-state index contributed by atoms with van der Waals surface area (Å²) in [5.41, 5.74) is 0. The summed E-state index contributed by atoms with van der Waals surface area (Å²) in [5.74, 6) is 0. The second kappa shape index (κ2) is 10.3. The third kappa shape index (κ3) is 5.89. The van der Waals surface area contributed by atoms with Crippen LogP contribution in [0.25, 0.3) is 0 Å². The lowest BCUT2D eigenvalue weighted by molar-refractivity contribution is -0.101. The Hall–Kier alpha value is -0.460. The molecule has 0 aromatic rings. The lowest BCUT2D eigenvalue weighted by Gasteiger charge is -2.24. The summed E-state index contributed by atoms with van der Waals surface area (Å²) in [6.07, 6.45) is 6.59. The van der Waals surface area contributed by atoms with E-state index in [9.17, 15) is 15.3 Å². The van der Waals surface area contributed by atoms with Crippen molar-refractivity contribution in [3.8, 4) is 0 Å². The van der Waals surface area contributed by atoms with E-state index in [1.165, 1.54) is 0 Å². The monoisotopic (exact) mass is 288 g/mol. The molecule has 0 aliphatic carbocycles. The highest BCUT2D eigenvalue weighted by molar-refractivity contribution is 4.88. The molecule has 5 nitrogen and oxygen atoms in total. The highest BCUT2D eigenvalue weighted by Crippen LogP contribution is 2.19. The van der Waals surface area contributed by atoms with E-state index < -0.39 is 24.4 Å². The van der Waals surface area contributed by atoms with Crippen molar-refractivity contribution in [1.29, 1.82) is 0 Å². The van der Waals surface area contributed by atoms with Crippen LogP contribution in [-0.4, -0.2) is 59.6 Å². The van der Waals surface area contributed by atoms with Crippen LogP contribution in [0.15, 0.2) is 12.2 Å². The van der Waals surface area contributed by atoms with Crippen LogP contribution >= 0.6 is 0 Å². The molecule has 0 saturated carbocycles. The quantitative estimate of drug-likeness (QED) is 0.413. The molecule has 0 amide bonds. The first-order valence-electron chi connectivity index (χ1n) is 7.55. The number of hydrogen-bond donors (Lipinski definition) is 3. The zero-order valence-electron chi connectivity index (χ0n) is 12.3.